The number of phosphoric acid groups is 1. The molecule has 12 nitrogen and oxygen atoms in total. The third-order valence-electron chi connectivity index (χ3n) is 10.2. The first-order chi connectivity index (χ1) is 29.5. The Hall–Kier alpha value is -2.60. The van der Waals surface area contributed by atoms with Crippen molar-refractivity contribution in [1.82, 2.24) is 0 Å². The van der Waals surface area contributed by atoms with Crippen LogP contribution < -0.4 is 5.73 Å². The predicted molar refractivity (Wildman–Crippen MR) is 246 cm³/mol. The minimum Gasteiger partial charge on any atom is -0.480 e. The lowest BCUT2D eigenvalue weighted by Crippen LogP contribution is -2.34. The fourth-order valence-corrected chi connectivity index (χ4v) is 7.15. The van der Waals surface area contributed by atoms with Gasteiger partial charge in [-0.1, -0.05) is 191 Å². The molecule has 0 saturated heterocycles. The first-order valence-corrected chi connectivity index (χ1v) is 25.3. The molecule has 0 spiro atoms. The Morgan fingerprint density at radius 2 is 1.08 bits per heavy atom. The average Bonchev–Trinajstić information content (AvgIpc) is 3.23. The molecular weight excluding hydrogens is 797 g/mol. The quantitative estimate of drug-likeness (QED) is 0.0149. The molecule has 13 heteroatoms. The van der Waals surface area contributed by atoms with Crippen LogP contribution in [0.2, 0.25) is 0 Å². The topological polar surface area (TPSA) is 192 Å². The van der Waals surface area contributed by atoms with Gasteiger partial charge in [0.2, 0.25) is 0 Å². The maximum atomic E-state index is 12.6. The zero-order valence-electron chi connectivity index (χ0n) is 38.1. The molecule has 4 atom stereocenters. The van der Waals surface area contributed by atoms with Crippen molar-refractivity contribution >= 4 is 25.7 Å². The number of hydrogen-bond donors (Lipinski definition) is 4. The Morgan fingerprint density at radius 1 is 0.590 bits per heavy atom. The highest BCUT2D eigenvalue weighted by molar-refractivity contribution is 7.47. The van der Waals surface area contributed by atoms with Gasteiger partial charge in [-0.2, -0.15) is 0 Å². The van der Waals surface area contributed by atoms with Crippen molar-refractivity contribution in [2.24, 2.45) is 5.73 Å². The third kappa shape index (κ3) is 42.5. The molecule has 0 rings (SSSR count). The number of ether oxygens (including phenoxy) is 2. The number of hydrogen-bond acceptors (Lipinski definition) is 10. The molecule has 354 valence electrons. The van der Waals surface area contributed by atoms with Crippen molar-refractivity contribution in [3.05, 3.63) is 48.6 Å². The van der Waals surface area contributed by atoms with Gasteiger partial charge >= 0.3 is 25.7 Å². The molecule has 0 aromatic rings. The lowest BCUT2D eigenvalue weighted by molar-refractivity contribution is -0.161. The highest BCUT2D eigenvalue weighted by Crippen LogP contribution is 2.43. The van der Waals surface area contributed by atoms with E-state index in [0.29, 0.717) is 32.1 Å². The van der Waals surface area contributed by atoms with E-state index in [1.165, 1.54) is 116 Å². The Labute approximate surface area is 369 Å². The largest absolute Gasteiger partial charge is 0.480 e. The standard InChI is InChI=1S/C48H86NO11P/c1-3-5-7-9-11-12-13-14-15-16-17-18-19-20-21-22-26-30-34-38-46(51)57-40-44(41-58-61(55,56)59-42-45(49)48(53)54)60-47(52)39-35-31-27-23-25-29-33-37-43(50)36-32-28-24-10-8-6-4-2/h23-24,27-29,32-33,36,43-45,50H,3-22,25-26,30-31,34-35,37-42,49H2,1-2H3,(H,53,54)(H,55,56)/b27-23+,28-24-,33-29-,36-32-/t43-,44+,45-/m0/s1. The fraction of sp³-hybridized carbons (Fsp3) is 0.771. The molecule has 0 amide bonds. The van der Waals surface area contributed by atoms with Crippen LogP contribution in [0.1, 0.15) is 200 Å². The van der Waals surface area contributed by atoms with Gasteiger partial charge in [0.1, 0.15) is 12.6 Å². The molecule has 1 unspecified atom stereocenters. The van der Waals surface area contributed by atoms with Crippen molar-refractivity contribution in [3.63, 3.8) is 0 Å². The van der Waals surface area contributed by atoms with Gasteiger partial charge in [-0.3, -0.25) is 23.4 Å². The van der Waals surface area contributed by atoms with Gasteiger partial charge in [0.25, 0.3) is 0 Å². The highest BCUT2D eigenvalue weighted by Gasteiger charge is 2.28. The molecule has 0 bridgehead atoms. The molecule has 0 aromatic heterocycles. The zero-order valence-corrected chi connectivity index (χ0v) is 39.0. The number of carboxylic acids is 1. The number of aliphatic hydroxyl groups is 1. The number of carboxylic acid groups (broad SMARTS) is 1. The molecule has 5 N–H and O–H groups in total. The molecule has 0 aliphatic heterocycles. The molecule has 0 heterocycles. The van der Waals surface area contributed by atoms with Crippen LogP contribution in [0.5, 0.6) is 0 Å². The zero-order chi connectivity index (χ0) is 45.1. The van der Waals surface area contributed by atoms with E-state index < -0.39 is 57.2 Å². The summed E-state index contributed by atoms with van der Waals surface area (Å²) in [6, 6.07) is -1.54. The lowest BCUT2D eigenvalue weighted by atomic mass is 10.0. The van der Waals surface area contributed by atoms with E-state index in [0.717, 1.165) is 25.7 Å². The number of esters is 2. The number of phosphoric ester groups is 1. The molecule has 0 aliphatic rings. The second-order valence-electron chi connectivity index (χ2n) is 16.1. The molecule has 0 aromatic carbocycles. The van der Waals surface area contributed by atoms with Gasteiger partial charge in [-0.15, -0.1) is 0 Å². The van der Waals surface area contributed by atoms with Crippen LogP contribution in [0.3, 0.4) is 0 Å². The van der Waals surface area contributed by atoms with E-state index in [-0.39, 0.29) is 19.4 Å². The van der Waals surface area contributed by atoms with Gasteiger partial charge in [0.05, 0.1) is 19.3 Å². The molecule has 0 aliphatic carbocycles. The summed E-state index contributed by atoms with van der Waals surface area (Å²) < 4.78 is 32.7. The second kappa shape index (κ2) is 42.7. The molecule has 0 radical (unpaired) electrons. The normalized spacial score (nSPS) is 14.6. The minimum atomic E-state index is -4.75. The number of allylic oxidation sites excluding steroid dienone is 6. The number of carbonyl (C=O) groups is 3. The first kappa shape index (κ1) is 58.4. The smallest absolute Gasteiger partial charge is 0.472 e. The van der Waals surface area contributed by atoms with Crippen LogP contribution in [0.25, 0.3) is 0 Å². The van der Waals surface area contributed by atoms with Crippen LogP contribution in [-0.4, -0.2) is 71.1 Å². The number of unbranched alkanes of at least 4 members (excludes halogenated alkanes) is 22. The van der Waals surface area contributed by atoms with Crippen molar-refractivity contribution in [2.75, 3.05) is 19.8 Å². The van der Waals surface area contributed by atoms with E-state index in [1.807, 2.05) is 36.5 Å². The number of rotatable bonds is 44. The number of aliphatic hydroxyl groups excluding tert-OH is 1. The summed E-state index contributed by atoms with van der Waals surface area (Å²) in [7, 11) is -4.75. The summed E-state index contributed by atoms with van der Waals surface area (Å²) in [5.74, 6) is -2.49. The summed E-state index contributed by atoms with van der Waals surface area (Å²) >= 11 is 0. The van der Waals surface area contributed by atoms with Crippen LogP contribution in [-0.2, 0) is 37.5 Å². The first-order valence-electron chi connectivity index (χ1n) is 23.8. The third-order valence-corrected chi connectivity index (χ3v) is 11.1. The Kier molecular flexibility index (Phi) is 40.9. The fourth-order valence-electron chi connectivity index (χ4n) is 6.37. The second-order valence-corrected chi connectivity index (χ2v) is 17.5. The highest BCUT2D eigenvalue weighted by atomic mass is 31.2. The van der Waals surface area contributed by atoms with E-state index >= 15 is 0 Å². The van der Waals surface area contributed by atoms with Crippen LogP contribution in [0.15, 0.2) is 48.6 Å². The van der Waals surface area contributed by atoms with Gasteiger partial charge in [0.15, 0.2) is 6.10 Å². The number of carbonyl (C=O) groups excluding carboxylic acids is 2. The Morgan fingerprint density at radius 3 is 1.66 bits per heavy atom. The van der Waals surface area contributed by atoms with E-state index in [9.17, 15) is 28.9 Å². The van der Waals surface area contributed by atoms with E-state index in [4.69, 9.17) is 24.8 Å². The summed E-state index contributed by atoms with van der Waals surface area (Å²) in [5, 5.41) is 19.0. The van der Waals surface area contributed by atoms with Gasteiger partial charge in [-0.05, 0) is 44.9 Å². The minimum absolute atomic E-state index is 0.0519. The van der Waals surface area contributed by atoms with Gasteiger partial charge in [0, 0.05) is 12.8 Å². The van der Waals surface area contributed by atoms with Crippen LogP contribution in [0.4, 0.5) is 0 Å². The number of aliphatic carboxylic acids is 1. The summed E-state index contributed by atoms with van der Waals surface area (Å²) in [4.78, 5) is 46.0. The molecular formula is C48H86NO11P. The van der Waals surface area contributed by atoms with Gasteiger partial charge in [-0.25, -0.2) is 4.57 Å². The van der Waals surface area contributed by atoms with Crippen molar-refractivity contribution in [1.29, 1.82) is 0 Å². The maximum absolute atomic E-state index is 12.6. The van der Waals surface area contributed by atoms with Crippen molar-refractivity contribution in [2.45, 2.75) is 218 Å². The van der Waals surface area contributed by atoms with Gasteiger partial charge < -0.3 is 30.3 Å². The van der Waals surface area contributed by atoms with E-state index in [2.05, 4.69) is 24.4 Å². The summed E-state index contributed by atoms with van der Waals surface area (Å²) in [5.41, 5.74) is 5.33. The van der Waals surface area contributed by atoms with Crippen molar-refractivity contribution < 1.29 is 52.6 Å². The molecule has 0 saturated carbocycles. The van der Waals surface area contributed by atoms with Crippen molar-refractivity contribution in [3.8, 4) is 0 Å². The Balaban J connectivity index is 4.42. The predicted octanol–water partition coefficient (Wildman–Crippen LogP) is 11.9. The molecule has 0 fully saturated rings. The van der Waals surface area contributed by atoms with Crippen LogP contribution >= 0.6 is 7.82 Å². The van der Waals surface area contributed by atoms with E-state index in [1.54, 1.807) is 6.08 Å². The van der Waals surface area contributed by atoms with Crippen LogP contribution in [0, 0.1) is 0 Å². The Bertz CT molecular complexity index is 1240. The molecule has 61 heavy (non-hydrogen) atoms. The lowest BCUT2D eigenvalue weighted by Gasteiger charge is -2.20. The summed E-state index contributed by atoms with van der Waals surface area (Å²) in [6.07, 6.45) is 44.9. The monoisotopic (exact) mass is 884 g/mol. The SMILES string of the molecule is CCCCC/C=C\C=C/[C@H](O)C/C=C\C/C=C/CCCC(=O)O[C@H](COC(=O)CCCCCCCCCCCCCCCCCCCCC)COP(=O)(O)OC[C@H](N)C(=O)O. The average molecular weight is 884 g/mol. The summed E-state index contributed by atoms with van der Waals surface area (Å²) in [6.45, 7) is 2.66. The number of nitrogens with two attached hydrogens (primary N) is 1. The maximum Gasteiger partial charge on any atom is 0.472 e.